The van der Waals surface area contributed by atoms with E-state index in [1.807, 2.05) is 19.2 Å². The van der Waals surface area contributed by atoms with Gasteiger partial charge in [0.2, 0.25) is 0 Å². The molecule has 1 aromatic heterocycles. The Balaban J connectivity index is 1.42. The van der Waals surface area contributed by atoms with E-state index in [9.17, 15) is 10.4 Å². The molecule has 2 aromatic carbocycles. The van der Waals surface area contributed by atoms with E-state index in [0.29, 0.717) is 4.91 Å². The topological polar surface area (TPSA) is 106 Å². The number of allylic oxidation sites excluding steroid dienone is 1. The van der Waals surface area contributed by atoms with Crippen molar-refractivity contribution in [2.75, 3.05) is 57.9 Å². The Labute approximate surface area is 216 Å². The number of aliphatic hydroxyl groups is 2. The number of hydrogen-bond acceptors (Lipinski definition) is 8. The van der Waals surface area contributed by atoms with Gasteiger partial charge in [0, 0.05) is 56.8 Å². The van der Waals surface area contributed by atoms with Crippen LogP contribution >= 0.6 is 11.9 Å². The number of benzene rings is 2. The average Bonchev–Trinajstić information content (AvgIpc) is 3.27. The van der Waals surface area contributed by atoms with Gasteiger partial charge in [-0.25, -0.2) is 0 Å². The molecule has 36 heavy (non-hydrogen) atoms. The molecule has 3 aromatic rings. The quantitative estimate of drug-likeness (QED) is 0.232. The van der Waals surface area contributed by atoms with Crippen molar-refractivity contribution >= 4 is 34.5 Å². The van der Waals surface area contributed by atoms with Crippen LogP contribution in [0, 0.1) is 11.3 Å². The van der Waals surface area contributed by atoms with Crippen molar-refractivity contribution in [3.8, 4) is 17.3 Å². The Morgan fingerprint density at radius 1 is 1.17 bits per heavy atom. The van der Waals surface area contributed by atoms with Crippen LogP contribution in [0.1, 0.15) is 5.69 Å². The van der Waals surface area contributed by atoms with Gasteiger partial charge >= 0.3 is 0 Å². The van der Waals surface area contributed by atoms with E-state index in [-0.39, 0.29) is 13.2 Å². The smallest absolute Gasteiger partial charge is 0.108 e. The first-order chi connectivity index (χ1) is 17.6. The Morgan fingerprint density at radius 2 is 1.94 bits per heavy atom. The van der Waals surface area contributed by atoms with Crippen molar-refractivity contribution in [1.82, 2.24) is 14.2 Å². The van der Waals surface area contributed by atoms with Crippen molar-refractivity contribution in [3.63, 3.8) is 0 Å². The number of nitriles is 1. The van der Waals surface area contributed by atoms with Crippen molar-refractivity contribution in [3.05, 3.63) is 59.1 Å². The van der Waals surface area contributed by atoms with Gasteiger partial charge in [-0.2, -0.15) is 5.26 Å². The molecule has 1 atom stereocenters. The first kappa shape index (κ1) is 26.2. The standard InChI is InChI=1S/C27H33N5O3S/c1-31-24(16-26(17-28)36-30-18-25(34)19-33)6-7-27(31)22-3-2-21-15-23(5-4-20(21)14-22)29-8-9-32-10-12-35-13-11-32/h2-7,14-16,25,29-30,33-34H,8-13,18-19H2,1H3/b26-16+. The first-order valence-corrected chi connectivity index (χ1v) is 12.9. The van der Waals surface area contributed by atoms with E-state index in [1.54, 1.807) is 0 Å². The zero-order valence-corrected chi connectivity index (χ0v) is 21.3. The summed E-state index contributed by atoms with van der Waals surface area (Å²) in [4.78, 5) is 2.89. The monoisotopic (exact) mass is 507 g/mol. The number of fused-ring (bicyclic) bond motifs is 1. The molecule has 4 N–H and O–H groups in total. The van der Waals surface area contributed by atoms with Gasteiger partial charge in [0.1, 0.15) is 11.0 Å². The third kappa shape index (κ3) is 6.89. The normalized spacial score (nSPS) is 15.7. The van der Waals surface area contributed by atoms with Crippen LogP contribution in [0.5, 0.6) is 0 Å². The lowest BCUT2D eigenvalue weighted by Crippen LogP contribution is -2.38. The fourth-order valence-electron chi connectivity index (χ4n) is 4.16. The SMILES string of the molecule is Cn1c(/C=C(\C#N)SNCC(O)CO)ccc1-c1ccc2cc(NCCN3CCOCC3)ccc2c1. The Morgan fingerprint density at radius 3 is 2.72 bits per heavy atom. The molecule has 1 aliphatic rings. The number of aliphatic hydroxyl groups excluding tert-OH is 2. The number of ether oxygens (including phenoxy) is 1. The van der Waals surface area contributed by atoms with Crippen molar-refractivity contribution in [2.45, 2.75) is 6.10 Å². The van der Waals surface area contributed by atoms with Gasteiger partial charge in [-0.3, -0.25) is 9.62 Å². The summed E-state index contributed by atoms with van der Waals surface area (Å²) in [6, 6.07) is 19.1. The number of aromatic nitrogens is 1. The lowest BCUT2D eigenvalue weighted by Gasteiger charge is -2.26. The molecule has 0 amide bonds. The molecule has 4 rings (SSSR count). The largest absolute Gasteiger partial charge is 0.394 e. The number of anilines is 1. The molecular weight excluding hydrogens is 474 g/mol. The van der Waals surface area contributed by atoms with Gasteiger partial charge in [0.05, 0.1) is 25.9 Å². The van der Waals surface area contributed by atoms with E-state index in [2.05, 4.69) is 68.0 Å². The van der Waals surface area contributed by atoms with Gasteiger partial charge in [-0.15, -0.1) is 0 Å². The number of hydrogen-bond donors (Lipinski definition) is 4. The van der Waals surface area contributed by atoms with Gasteiger partial charge in [0.25, 0.3) is 0 Å². The van der Waals surface area contributed by atoms with Crippen molar-refractivity contribution in [2.24, 2.45) is 7.05 Å². The Bertz CT molecular complexity index is 1230. The molecule has 1 saturated heterocycles. The van der Waals surface area contributed by atoms with Crippen LogP contribution in [0.25, 0.3) is 28.1 Å². The predicted molar refractivity (Wildman–Crippen MR) is 146 cm³/mol. The molecule has 8 nitrogen and oxygen atoms in total. The first-order valence-electron chi connectivity index (χ1n) is 12.1. The van der Waals surface area contributed by atoms with Crippen LogP contribution in [0.15, 0.2) is 53.4 Å². The summed E-state index contributed by atoms with van der Waals surface area (Å²) in [5.74, 6) is 0. The summed E-state index contributed by atoms with van der Waals surface area (Å²) >= 11 is 1.14. The van der Waals surface area contributed by atoms with Gasteiger partial charge in [-0.05, 0) is 64.7 Å². The minimum absolute atomic E-state index is 0.195. The van der Waals surface area contributed by atoms with Crippen LogP contribution in [-0.2, 0) is 11.8 Å². The molecule has 1 aliphatic heterocycles. The van der Waals surface area contributed by atoms with Crippen LogP contribution in [0.2, 0.25) is 0 Å². The maximum absolute atomic E-state index is 9.47. The van der Waals surface area contributed by atoms with Gasteiger partial charge in [0.15, 0.2) is 0 Å². The summed E-state index contributed by atoms with van der Waals surface area (Å²) in [5.41, 5.74) is 4.18. The average molecular weight is 508 g/mol. The molecule has 0 radical (unpaired) electrons. The molecule has 9 heteroatoms. The second-order valence-corrected chi connectivity index (χ2v) is 9.70. The van der Waals surface area contributed by atoms with E-state index in [0.717, 1.165) is 74.0 Å². The molecule has 0 bridgehead atoms. The maximum atomic E-state index is 9.47. The molecule has 0 saturated carbocycles. The van der Waals surface area contributed by atoms with Crippen LogP contribution in [0.3, 0.4) is 0 Å². The van der Waals surface area contributed by atoms with E-state index in [4.69, 9.17) is 9.84 Å². The number of rotatable bonds is 11. The third-order valence-corrected chi connectivity index (χ3v) is 7.00. The lowest BCUT2D eigenvalue weighted by atomic mass is 10.0. The zero-order chi connectivity index (χ0) is 25.3. The van der Waals surface area contributed by atoms with E-state index >= 15 is 0 Å². The third-order valence-electron chi connectivity index (χ3n) is 6.26. The molecule has 190 valence electrons. The zero-order valence-electron chi connectivity index (χ0n) is 20.5. The number of nitrogens with zero attached hydrogens (tertiary/aromatic N) is 3. The Kier molecular flexibility index (Phi) is 9.41. The number of nitrogens with one attached hydrogen (secondary N) is 2. The van der Waals surface area contributed by atoms with E-state index in [1.165, 1.54) is 10.8 Å². The van der Waals surface area contributed by atoms with Crippen molar-refractivity contribution < 1.29 is 14.9 Å². The summed E-state index contributed by atoms with van der Waals surface area (Å²) < 4.78 is 10.4. The Hall–Kier alpha value is -2.84. The summed E-state index contributed by atoms with van der Waals surface area (Å²) in [6.07, 6.45) is 0.955. The minimum atomic E-state index is -0.853. The molecule has 1 unspecified atom stereocenters. The highest BCUT2D eigenvalue weighted by Crippen LogP contribution is 2.28. The second kappa shape index (κ2) is 12.9. The van der Waals surface area contributed by atoms with Gasteiger partial charge in [-0.1, -0.05) is 18.2 Å². The van der Waals surface area contributed by atoms with Gasteiger partial charge < -0.3 is 24.8 Å². The van der Waals surface area contributed by atoms with Crippen LogP contribution in [0.4, 0.5) is 5.69 Å². The second-order valence-electron chi connectivity index (χ2n) is 8.77. The lowest BCUT2D eigenvalue weighted by molar-refractivity contribution is 0.0398. The molecule has 0 spiro atoms. The highest BCUT2D eigenvalue weighted by molar-refractivity contribution is 8.01. The summed E-state index contributed by atoms with van der Waals surface area (Å²) in [7, 11) is 1.98. The van der Waals surface area contributed by atoms with Crippen LogP contribution in [-0.4, -0.2) is 78.3 Å². The highest BCUT2D eigenvalue weighted by Gasteiger charge is 2.11. The highest BCUT2D eigenvalue weighted by atomic mass is 32.2. The summed E-state index contributed by atoms with van der Waals surface area (Å²) in [5, 5.41) is 33.7. The molecular formula is C27H33N5O3S. The fourth-order valence-corrected chi connectivity index (χ4v) is 4.82. The summed E-state index contributed by atoms with van der Waals surface area (Å²) in [6.45, 7) is 5.44. The molecule has 2 heterocycles. The maximum Gasteiger partial charge on any atom is 0.108 e. The predicted octanol–water partition coefficient (Wildman–Crippen LogP) is 3.04. The molecule has 0 aliphatic carbocycles. The minimum Gasteiger partial charge on any atom is -0.394 e. The van der Waals surface area contributed by atoms with Crippen molar-refractivity contribution in [1.29, 1.82) is 5.26 Å². The number of morpholine rings is 1. The van der Waals surface area contributed by atoms with E-state index < -0.39 is 6.10 Å². The molecule has 1 fully saturated rings. The van der Waals surface area contributed by atoms with Crippen LogP contribution < -0.4 is 10.0 Å². The fraction of sp³-hybridized carbons (Fsp3) is 0.370.